The molecule has 0 saturated carbocycles. The molecule has 0 bridgehead atoms. The molecule has 0 saturated heterocycles. The lowest BCUT2D eigenvalue weighted by atomic mass is 10.3. The Hall–Kier alpha value is -0.870. The summed E-state index contributed by atoms with van der Waals surface area (Å²) in [5.74, 6) is 0. The van der Waals surface area contributed by atoms with Crippen LogP contribution in [0.2, 0.25) is 0 Å². The van der Waals surface area contributed by atoms with Gasteiger partial charge >= 0.3 is 0 Å². The summed E-state index contributed by atoms with van der Waals surface area (Å²) in [6.07, 6.45) is 0. The molecule has 0 aromatic carbocycles. The molecule has 0 fully saturated rings. The van der Waals surface area contributed by atoms with Crippen LogP contribution in [-0.2, 0) is 0 Å². The molecule has 2 nitrogen and oxygen atoms in total. The second-order valence-electron chi connectivity index (χ2n) is 2.73. The van der Waals surface area contributed by atoms with E-state index in [-0.39, 0.29) is 0 Å². The number of hydrogen-bond donors (Lipinski definition) is 1. The van der Waals surface area contributed by atoms with E-state index in [4.69, 9.17) is 12.2 Å². The zero-order valence-electron chi connectivity index (χ0n) is 8.20. The third-order valence-corrected chi connectivity index (χ3v) is 2.89. The van der Waals surface area contributed by atoms with E-state index in [1.807, 2.05) is 25.1 Å². The fourth-order valence-electron chi connectivity index (χ4n) is 0.914. The number of nitrogens with zero attached hydrogens (tertiary/aromatic N) is 1. The van der Waals surface area contributed by atoms with Crippen molar-refractivity contribution in [2.24, 2.45) is 0 Å². The average molecular weight is 224 g/mol. The van der Waals surface area contributed by atoms with Crippen molar-refractivity contribution in [1.29, 1.82) is 0 Å². The van der Waals surface area contributed by atoms with E-state index in [0.29, 0.717) is 4.32 Å². The molecule has 0 atom stereocenters. The van der Waals surface area contributed by atoms with Gasteiger partial charge in [-0.3, -0.25) is 4.98 Å². The van der Waals surface area contributed by atoms with Crippen LogP contribution in [0.1, 0.15) is 11.4 Å². The Balaban J connectivity index is 2.75. The summed E-state index contributed by atoms with van der Waals surface area (Å²) < 4.78 is 0.707. The van der Waals surface area contributed by atoms with Gasteiger partial charge in [0.15, 0.2) is 0 Å². The number of pyridine rings is 1. The predicted octanol–water partition coefficient (Wildman–Crippen LogP) is 2.60. The van der Waals surface area contributed by atoms with Gasteiger partial charge in [0.2, 0.25) is 0 Å². The number of nitrogens with one attached hydrogen (secondary N) is 1. The number of thiocarbonyl (C=S) groups is 1. The van der Waals surface area contributed by atoms with Crippen molar-refractivity contribution >= 4 is 33.2 Å². The fraction of sp³-hybridized carbons (Fsp3) is 0.200. The molecule has 0 unspecified atom stereocenters. The first kappa shape index (κ1) is 11.2. The van der Waals surface area contributed by atoms with Crippen LogP contribution in [0.25, 0.3) is 4.91 Å². The van der Waals surface area contributed by atoms with Crippen molar-refractivity contribution in [2.45, 2.75) is 6.92 Å². The van der Waals surface area contributed by atoms with Crippen LogP contribution in [0, 0.1) is 6.92 Å². The van der Waals surface area contributed by atoms with E-state index in [1.54, 1.807) is 7.05 Å². The van der Waals surface area contributed by atoms with Crippen LogP contribution in [0.4, 0.5) is 0 Å². The monoisotopic (exact) mass is 224 g/mol. The topological polar surface area (TPSA) is 24.9 Å². The second kappa shape index (κ2) is 5.12. The Labute approximate surface area is 93.8 Å². The van der Waals surface area contributed by atoms with Crippen molar-refractivity contribution in [2.75, 3.05) is 7.05 Å². The average Bonchev–Trinajstić information content (AvgIpc) is 2.17. The highest BCUT2D eigenvalue weighted by Gasteiger charge is 2.03. The lowest BCUT2D eigenvalue weighted by Crippen LogP contribution is -2.10. The van der Waals surface area contributed by atoms with Crippen molar-refractivity contribution in [1.82, 2.24) is 10.3 Å². The van der Waals surface area contributed by atoms with E-state index in [9.17, 15) is 0 Å². The van der Waals surface area contributed by atoms with Gasteiger partial charge in [0.05, 0.1) is 5.69 Å². The van der Waals surface area contributed by atoms with Gasteiger partial charge < -0.3 is 5.32 Å². The summed E-state index contributed by atoms with van der Waals surface area (Å²) in [7, 11) is 1.80. The molecule has 0 aliphatic carbocycles. The highest BCUT2D eigenvalue weighted by molar-refractivity contribution is 8.29. The van der Waals surface area contributed by atoms with Crippen LogP contribution in [0.3, 0.4) is 0 Å². The summed E-state index contributed by atoms with van der Waals surface area (Å²) in [5, 5.41) is 2.89. The number of aromatic nitrogens is 1. The van der Waals surface area contributed by atoms with Crippen LogP contribution in [-0.4, -0.2) is 16.4 Å². The zero-order valence-corrected chi connectivity index (χ0v) is 9.84. The van der Waals surface area contributed by atoms with Crippen molar-refractivity contribution in [3.63, 3.8) is 0 Å². The smallest absolute Gasteiger partial charge is 0.138 e. The molecule has 4 heteroatoms. The Morgan fingerprint density at radius 1 is 1.57 bits per heavy atom. The van der Waals surface area contributed by atoms with Crippen LogP contribution in [0.5, 0.6) is 0 Å². The van der Waals surface area contributed by atoms with Gasteiger partial charge in [-0.2, -0.15) is 0 Å². The molecule has 1 N–H and O–H groups in total. The molecule has 0 aliphatic heterocycles. The van der Waals surface area contributed by atoms with Crippen LogP contribution in [0.15, 0.2) is 24.8 Å². The zero-order chi connectivity index (χ0) is 10.6. The van der Waals surface area contributed by atoms with Crippen molar-refractivity contribution in [3.05, 3.63) is 36.2 Å². The number of thioether (sulfide) groups is 1. The molecule has 0 aliphatic rings. The quantitative estimate of drug-likeness (QED) is 0.781. The fourth-order valence-corrected chi connectivity index (χ4v) is 1.76. The van der Waals surface area contributed by atoms with Gasteiger partial charge in [0.1, 0.15) is 4.32 Å². The number of hydrogen-bond acceptors (Lipinski definition) is 3. The Kier molecular flexibility index (Phi) is 4.10. The van der Waals surface area contributed by atoms with Gasteiger partial charge in [0.25, 0.3) is 0 Å². The highest BCUT2D eigenvalue weighted by Crippen LogP contribution is 2.24. The number of aryl methyl sites for hydroxylation is 1. The first-order valence-corrected chi connectivity index (χ1v) is 5.38. The minimum Gasteiger partial charge on any atom is -0.374 e. The second-order valence-corrected chi connectivity index (χ2v) is 4.50. The summed E-state index contributed by atoms with van der Waals surface area (Å²) in [6.45, 7) is 5.88. The Morgan fingerprint density at radius 2 is 2.29 bits per heavy atom. The van der Waals surface area contributed by atoms with E-state index >= 15 is 0 Å². The first-order valence-electron chi connectivity index (χ1n) is 4.16. The molecule has 1 aromatic heterocycles. The first-order chi connectivity index (χ1) is 6.63. The molecular weight excluding hydrogens is 212 g/mol. The lowest BCUT2D eigenvalue weighted by Gasteiger charge is -2.05. The summed E-state index contributed by atoms with van der Waals surface area (Å²) >= 11 is 6.45. The lowest BCUT2D eigenvalue weighted by molar-refractivity contribution is 1.18. The molecule has 1 aromatic rings. The molecule has 0 radical (unpaired) electrons. The molecule has 1 heterocycles. The predicted molar refractivity (Wildman–Crippen MR) is 67.3 cm³/mol. The molecule has 14 heavy (non-hydrogen) atoms. The largest absolute Gasteiger partial charge is 0.374 e. The minimum absolute atomic E-state index is 0.707. The van der Waals surface area contributed by atoms with E-state index in [0.717, 1.165) is 16.3 Å². The van der Waals surface area contributed by atoms with Crippen LogP contribution < -0.4 is 5.32 Å². The molecular formula is C10H12N2S2. The molecule has 74 valence electrons. The van der Waals surface area contributed by atoms with E-state index in [2.05, 4.69) is 16.9 Å². The van der Waals surface area contributed by atoms with E-state index < -0.39 is 0 Å². The van der Waals surface area contributed by atoms with Gasteiger partial charge in [-0.25, -0.2) is 0 Å². The van der Waals surface area contributed by atoms with E-state index in [1.165, 1.54) is 11.8 Å². The van der Waals surface area contributed by atoms with Crippen molar-refractivity contribution < 1.29 is 0 Å². The molecule has 0 spiro atoms. The molecule has 1 rings (SSSR count). The maximum atomic E-state index is 5.03. The van der Waals surface area contributed by atoms with Gasteiger partial charge in [-0.1, -0.05) is 36.6 Å². The number of rotatable bonds is 2. The summed E-state index contributed by atoms with van der Waals surface area (Å²) in [5.41, 5.74) is 1.87. The maximum absolute atomic E-state index is 5.03. The van der Waals surface area contributed by atoms with Gasteiger partial charge in [0, 0.05) is 17.6 Å². The third-order valence-electron chi connectivity index (χ3n) is 1.59. The van der Waals surface area contributed by atoms with Crippen molar-refractivity contribution in [3.8, 4) is 0 Å². The maximum Gasteiger partial charge on any atom is 0.138 e. The third kappa shape index (κ3) is 3.12. The standard InChI is InChI=1S/C10H12N2S2/c1-7-5-4-6-9(12-7)8(2)14-10(13)11-3/h4-6H,2H2,1,3H3,(H,11,13). The summed E-state index contributed by atoms with van der Waals surface area (Å²) in [6, 6.07) is 5.85. The Bertz CT molecular complexity index is 361. The SMILES string of the molecule is C=C(SC(=S)NC)c1cccc(C)n1. The van der Waals surface area contributed by atoms with Crippen LogP contribution >= 0.6 is 24.0 Å². The minimum atomic E-state index is 0.707. The van der Waals surface area contributed by atoms with Gasteiger partial charge in [-0.05, 0) is 19.1 Å². The van der Waals surface area contributed by atoms with Gasteiger partial charge in [-0.15, -0.1) is 0 Å². The summed E-state index contributed by atoms with van der Waals surface area (Å²) in [4.78, 5) is 5.22. The Morgan fingerprint density at radius 3 is 2.86 bits per heavy atom. The normalized spacial score (nSPS) is 9.57. The molecule has 0 amide bonds. The highest BCUT2D eigenvalue weighted by atomic mass is 32.2.